The standard InChI is InChI=1S/C33H49N5O14/c1-32(2,3)50-30(47)34-15-11-23(41)36(17-13-27(45)49-29-21(39)7-8-22(29)40)19-20-37(24(42)12-16-35-31(48)51-33(4,5)6)18-14-28(46)52-38-25(43)9-10-26(38)44/h29H,7-20H2,1-6H3,(H,34,47)(H,35,48). The third-order valence-corrected chi connectivity index (χ3v) is 7.18. The van der Waals surface area contributed by atoms with Gasteiger partial charge in [0.15, 0.2) is 11.6 Å². The number of ether oxygens (including phenoxy) is 3. The summed E-state index contributed by atoms with van der Waals surface area (Å²) in [7, 11) is 0. The maximum atomic E-state index is 13.3. The zero-order valence-corrected chi connectivity index (χ0v) is 30.5. The van der Waals surface area contributed by atoms with Gasteiger partial charge in [-0.25, -0.2) is 14.4 Å². The molecular formula is C33H49N5O14. The number of alkyl carbamates (subject to hydrolysis) is 2. The van der Waals surface area contributed by atoms with Crippen LogP contribution in [0.1, 0.15) is 92.9 Å². The van der Waals surface area contributed by atoms with Crippen molar-refractivity contribution in [3.63, 3.8) is 0 Å². The minimum absolute atomic E-state index is 0.0403. The number of esters is 1. The molecule has 290 valence electrons. The Hall–Kier alpha value is -5.10. The monoisotopic (exact) mass is 739 g/mol. The summed E-state index contributed by atoms with van der Waals surface area (Å²) >= 11 is 0. The Bertz CT molecular complexity index is 1260. The van der Waals surface area contributed by atoms with Crippen LogP contribution in [0.5, 0.6) is 0 Å². The molecule has 1 aliphatic heterocycles. The topological polar surface area (TPSA) is 241 Å². The normalized spacial score (nSPS) is 14.9. The van der Waals surface area contributed by atoms with Crippen LogP contribution in [-0.4, -0.2) is 131 Å². The fourth-order valence-corrected chi connectivity index (χ4v) is 4.72. The molecule has 1 aliphatic carbocycles. The highest BCUT2D eigenvalue weighted by molar-refractivity contribution is 6.12. The van der Waals surface area contributed by atoms with Gasteiger partial charge >= 0.3 is 24.1 Å². The summed E-state index contributed by atoms with van der Waals surface area (Å²) in [5.41, 5.74) is -1.57. The van der Waals surface area contributed by atoms with E-state index in [0.717, 1.165) is 0 Å². The van der Waals surface area contributed by atoms with Crippen LogP contribution in [0, 0.1) is 0 Å². The first-order chi connectivity index (χ1) is 24.1. The average molecular weight is 740 g/mol. The number of amides is 6. The van der Waals surface area contributed by atoms with Crippen molar-refractivity contribution in [3.8, 4) is 0 Å². The number of hydrogen-bond acceptors (Lipinski definition) is 14. The molecule has 19 heteroatoms. The van der Waals surface area contributed by atoms with Crippen molar-refractivity contribution < 1.29 is 67.0 Å². The van der Waals surface area contributed by atoms with Gasteiger partial charge in [-0.2, -0.15) is 0 Å². The molecule has 0 unspecified atom stereocenters. The fraction of sp³-hybridized carbons (Fsp3) is 0.697. The number of nitrogens with zero attached hydrogens (tertiary/aromatic N) is 3. The highest BCUT2D eigenvalue weighted by Crippen LogP contribution is 2.16. The fourth-order valence-electron chi connectivity index (χ4n) is 4.72. The number of Topliss-reactive ketones (excluding diaryl/α,β-unsaturated/α-hetero) is 2. The Morgan fingerprint density at radius 2 is 1.02 bits per heavy atom. The molecule has 2 N–H and O–H groups in total. The lowest BCUT2D eigenvalue weighted by Gasteiger charge is -2.28. The van der Waals surface area contributed by atoms with E-state index in [1.165, 1.54) is 9.80 Å². The molecule has 2 fully saturated rings. The van der Waals surface area contributed by atoms with Crippen molar-refractivity contribution in [2.24, 2.45) is 0 Å². The summed E-state index contributed by atoms with van der Waals surface area (Å²) in [5, 5.41) is 5.28. The zero-order valence-electron chi connectivity index (χ0n) is 30.5. The Morgan fingerprint density at radius 3 is 1.42 bits per heavy atom. The Balaban J connectivity index is 2.14. The third-order valence-electron chi connectivity index (χ3n) is 7.18. The highest BCUT2D eigenvalue weighted by Gasteiger charge is 2.36. The van der Waals surface area contributed by atoms with Crippen LogP contribution in [0.3, 0.4) is 0 Å². The van der Waals surface area contributed by atoms with E-state index in [-0.39, 0.29) is 77.8 Å². The molecule has 0 radical (unpaired) electrons. The number of ketones is 2. The first-order valence-corrected chi connectivity index (χ1v) is 17.0. The number of nitrogens with one attached hydrogen (secondary N) is 2. The lowest BCUT2D eigenvalue weighted by Crippen LogP contribution is -2.44. The third kappa shape index (κ3) is 15.8. The van der Waals surface area contributed by atoms with Crippen LogP contribution in [-0.2, 0) is 57.4 Å². The van der Waals surface area contributed by atoms with Crippen molar-refractivity contribution in [1.82, 2.24) is 25.5 Å². The first-order valence-electron chi connectivity index (χ1n) is 17.0. The molecule has 1 saturated carbocycles. The number of carbonyl (C=O) groups excluding carboxylic acids is 10. The van der Waals surface area contributed by atoms with Crippen LogP contribution in [0.25, 0.3) is 0 Å². The van der Waals surface area contributed by atoms with Crippen molar-refractivity contribution >= 4 is 59.3 Å². The van der Waals surface area contributed by atoms with Gasteiger partial charge in [0.1, 0.15) is 11.2 Å². The van der Waals surface area contributed by atoms with Gasteiger partial charge in [0, 0.05) is 77.8 Å². The maximum absolute atomic E-state index is 13.3. The number of imide groups is 1. The minimum atomic E-state index is -1.50. The molecule has 2 rings (SSSR count). The summed E-state index contributed by atoms with van der Waals surface area (Å²) < 4.78 is 15.4. The van der Waals surface area contributed by atoms with Crippen LogP contribution < -0.4 is 10.6 Å². The largest absolute Gasteiger partial charge is 0.446 e. The second-order valence-corrected chi connectivity index (χ2v) is 14.0. The molecule has 1 heterocycles. The lowest BCUT2D eigenvalue weighted by molar-refractivity contribution is -0.197. The van der Waals surface area contributed by atoms with Crippen LogP contribution >= 0.6 is 0 Å². The minimum Gasteiger partial charge on any atom is -0.446 e. The lowest BCUT2D eigenvalue weighted by atomic mass is 10.2. The van der Waals surface area contributed by atoms with Crippen LogP contribution in [0.2, 0.25) is 0 Å². The predicted octanol–water partition coefficient (Wildman–Crippen LogP) is 0.704. The van der Waals surface area contributed by atoms with Gasteiger partial charge in [0.05, 0.1) is 12.8 Å². The van der Waals surface area contributed by atoms with Gasteiger partial charge in [-0.1, -0.05) is 0 Å². The van der Waals surface area contributed by atoms with Gasteiger partial charge in [-0.15, -0.1) is 5.06 Å². The van der Waals surface area contributed by atoms with Crippen molar-refractivity contribution in [2.75, 3.05) is 39.3 Å². The van der Waals surface area contributed by atoms with E-state index >= 15 is 0 Å². The van der Waals surface area contributed by atoms with Crippen molar-refractivity contribution in [3.05, 3.63) is 0 Å². The van der Waals surface area contributed by atoms with Gasteiger partial charge in [-0.05, 0) is 41.5 Å². The molecule has 52 heavy (non-hydrogen) atoms. The molecule has 2 aliphatic rings. The van der Waals surface area contributed by atoms with E-state index in [9.17, 15) is 47.9 Å². The summed E-state index contributed by atoms with van der Waals surface area (Å²) in [6, 6.07) is 0. The van der Waals surface area contributed by atoms with Crippen LogP contribution in [0.15, 0.2) is 0 Å². The Labute approximate surface area is 301 Å². The molecule has 0 atom stereocenters. The predicted molar refractivity (Wildman–Crippen MR) is 176 cm³/mol. The second-order valence-electron chi connectivity index (χ2n) is 14.0. The molecule has 6 amide bonds. The molecule has 19 nitrogen and oxygen atoms in total. The zero-order chi connectivity index (χ0) is 39.2. The SMILES string of the molecule is CC(C)(C)OC(=O)NCCC(=O)N(CCC(=O)OC1C(=O)CCC1=O)CCN(CCC(=O)ON1C(=O)CCC1=O)C(=O)CCNC(=O)OC(C)(C)C. The number of hydroxylamine groups is 2. The van der Waals surface area contributed by atoms with E-state index in [4.69, 9.17) is 19.0 Å². The summed E-state index contributed by atoms with van der Waals surface area (Å²) in [6.45, 7) is 8.77. The molecule has 0 bridgehead atoms. The van der Waals surface area contributed by atoms with E-state index in [2.05, 4.69) is 10.6 Å². The quantitative estimate of drug-likeness (QED) is 0.0904. The average Bonchev–Trinajstić information content (AvgIpc) is 3.50. The van der Waals surface area contributed by atoms with E-state index in [1.54, 1.807) is 41.5 Å². The highest BCUT2D eigenvalue weighted by atomic mass is 16.7. The second kappa shape index (κ2) is 19.5. The molecular weight excluding hydrogens is 690 g/mol. The summed E-state index contributed by atoms with van der Waals surface area (Å²) in [6.07, 6.45) is -4.69. The molecule has 0 spiro atoms. The van der Waals surface area contributed by atoms with E-state index in [1.807, 2.05) is 0 Å². The smallest absolute Gasteiger partial charge is 0.407 e. The Morgan fingerprint density at radius 1 is 0.615 bits per heavy atom. The van der Waals surface area contributed by atoms with Gasteiger partial charge in [0.25, 0.3) is 11.8 Å². The van der Waals surface area contributed by atoms with E-state index < -0.39 is 89.5 Å². The van der Waals surface area contributed by atoms with Crippen LogP contribution in [0.4, 0.5) is 9.59 Å². The number of hydrogen-bond donors (Lipinski definition) is 2. The molecule has 0 aromatic heterocycles. The first kappa shape index (κ1) is 43.1. The molecule has 0 aromatic rings. The van der Waals surface area contributed by atoms with Gasteiger partial charge < -0.3 is 39.5 Å². The van der Waals surface area contributed by atoms with Crippen molar-refractivity contribution in [2.45, 2.75) is 110 Å². The van der Waals surface area contributed by atoms with Gasteiger partial charge in [0.2, 0.25) is 17.9 Å². The molecule has 1 saturated heterocycles. The number of carbonyl (C=O) groups is 10. The summed E-state index contributed by atoms with van der Waals surface area (Å²) in [5.74, 6) is -5.42. The van der Waals surface area contributed by atoms with E-state index in [0.29, 0.717) is 5.06 Å². The van der Waals surface area contributed by atoms with Gasteiger partial charge in [-0.3, -0.25) is 33.6 Å². The maximum Gasteiger partial charge on any atom is 0.407 e. The summed E-state index contributed by atoms with van der Waals surface area (Å²) in [4.78, 5) is 131. The molecule has 0 aromatic carbocycles. The number of rotatable bonds is 17. The Kier molecular flexibility index (Phi) is 16.1. The van der Waals surface area contributed by atoms with Crippen molar-refractivity contribution in [1.29, 1.82) is 0 Å².